The minimum Gasteiger partial charge on any atom is -0.348 e. The standard InChI is InChI=1S/C14H15ClN2OS/c1-9(10-4-6-11(15)7-5-10)17-14(18)13(16)12-3-2-8-19-12/h2-9,13H,16H2,1H3,(H,17,18)/t9-,13?/m1/s1. The molecule has 2 rings (SSSR count). The van der Waals surface area contributed by atoms with Gasteiger partial charge in [0.25, 0.3) is 0 Å². The molecule has 0 saturated heterocycles. The number of thiophene rings is 1. The van der Waals surface area contributed by atoms with Crippen molar-refractivity contribution in [3.05, 3.63) is 57.2 Å². The van der Waals surface area contributed by atoms with Crippen LogP contribution < -0.4 is 11.1 Å². The molecule has 19 heavy (non-hydrogen) atoms. The van der Waals surface area contributed by atoms with Crippen LogP contribution in [-0.4, -0.2) is 5.91 Å². The molecule has 100 valence electrons. The summed E-state index contributed by atoms with van der Waals surface area (Å²) in [4.78, 5) is 12.9. The topological polar surface area (TPSA) is 55.1 Å². The number of carbonyl (C=O) groups is 1. The van der Waals surface area contributed by atoms with Gasteiger partial charge in [0.15, 0.2) is 0 Å². The Morgan fingerprint density at radius 1 is 1.32 bits per heavy atom. The van der Waals surface area contributed by atoms with Crippen molar-refractivity contribution in [2.45, 2.75) is 19.0 Å². The number of nitrogens with one attached hydrogen (secondary N) is 1. The first-order valence-electron chi connectivity index (χ1n) is 5.93. The van der Waals surface area contributed by atoms with Crippen LogP contribution in [0.1, 0.15) is 29.4 Å². The van der Waals surface area contributed by atoms with Gasteiger partial charge >= 0.3 is 0 Å². The summed E-state index contributed by atoms with van der Waals surface area (Å²) in [5.41, 5.74) is 6.91. The molecule has 0 aliphatic heterocycles. The van der Waals surface area contributed by atoms with Crippen molar-refractivity contribution in [1.82, 2.24) is 5.32 Å². The zero-order valence-corrected chi connectivity index (χ0v) is 12.0. The van der Waals surface area contributed by atoms with Gasteiger partial charge in [-0.15, -0.1) is 11.3 Å². The maximum Gasteiger partial charge on any atom is 0.242 e. The zero-order chi connectivity index (χ0) is 13.8. The number of benzene rings is 1. The molecule has 1 unspecified atom stereocenters. The Morgan fingerprint density at radius 2 is 2.00 bits per heavy atom. The van der Waals surface area contributed by atoms with Gasteiger partial charge < -0.3 is 11.1 Å². The van der Waals surface area contributed by atoms with Crippen molar-refractivity contribution in [2.24, 2.45) is 5.73 Å². The summed E-state index contributed by atoms with van der Waals surface area (Å²) in [5, 5.41) is 5.49. The minimum absolute atomic E-state index is 0.101. The first kappa shape index (κ1) is 14.1. The molecular weight excluding hydrogens is 280 g/mol. The average Bonchev–Trinajstić information content (AvgIpc) is 2.92. The number of halogens is 1. The lowest BCUT2D eigenvalue weighted by molar-refractivity contribution is -0.123. The second-order valence-corrected chi connectivity index (χ2v) is 5.69. The molecule has 3 N–H and O–H groups in total. The SMILES string of the molecule is C[C@@H](NC(=O)C(N)c1cccs1)c1ccc(Cl)cc1. The molecule has 0 spiro atoms. The molecule has 0 fully saturated rings. The highest BCUT2D eigenvalue weighted by Gasteiger charge is 2.18. The van der Waals surface area contributed by atoms with Crippen LogP contribution in [0.15, 0.2) is 41.8 Å². The van der Waals surface area contributed by atoms with Gasteiger partial charge in [-0.1, -0.05) is 29.8 Å². The van der Waals surface area contributed by atoms with E-state index in [4.69, 9.17) is 17.3 Å². The van der Waals surface area contributed by atoms with Gasteiger partial charge in [-0.25, -0.2) is 0 Å². The second kappa shape index (κ2) is 6.19. The van der Waals surface area contributed by atoms with Crippen molar-refractivity contribution in [3.8, 4) is 0 Å². The minimum atomic E-state index is -0.616. The quantitative estimate of drug-likeness (QED) is 0.909. The lowest BCUT2D eigenvalue weighted by Gasteiger charge is -2.17. The summed E-state index contributed by atoms with van der Waals surface area (Å²) in [5.74, 6) is -0.176. The van der Waals surface area contributed by atoms with Crippen LogP contribution >= 0.6 is 22.9 Å². The van der Waals surface area contributed by atoms with Gasteiger partial charge in [-0.3, -0.25) is 4.79 Å². The highest BCUT2D eigenvalue weighted by Crippen LogP contribution is 2.20. The van der Waals surface area contributed by atoms with Crippen molar-refractivity contribution < 1.29 is 4.79 Å². The molecule has 0 aliphatic carbocycles. The molecule has 1 heterocycles. The molecule has 1 amide bonds. The van der Waals surface area contributed by atoms with Gasteiger partial charge in [0, 0.05) is 9.90 Å². The molecule has 3 nitrogen and oxygen atoms in total. The van der Waals surface area contributed by atoms with E-state index in [-0.39, 0.29) is 11.9 Å². The molecule has 0 radical (unpaired) electrons. The Labute approximate surface area is 121 Å². The summed E-state index contributed by atoms with van der Waals surface area (Å²) in [6.07, 6.45) is 0. The third-order valence-corrected chi connectivity index (χ3v) is 4.07. The molecule has 2 aromatic rings. The van der Waals surface area contributed by atoms with E-state index in [0.29, 0.717) is 5.02 Å². The van der Waals surface area contributed by atoms with Crippen LogP contribution in [0.4, 0.5) is 0 Å². The fourth-order valence-electron chi connectivity index (χ4n) is 1.74. The predicted octanol–water partition coefficient (Wildman–Crippen LogP) is 3.28. The zero-order valence-electron chi connectivity index (χ0n) is 10.5. The summed E-state index contributed by atoms with van der Waals surface area (Å²) >= 11 is 7.32. The smallest absolute Gasteiger partial charge is 0.242 e. The van der Waals surface area contributed by atoms with E-state index in [9.17, 15) is 4.79 Å². The maximum absolute atomic E-state index is 12.0. The van der Waals surface area contributed by atoms with Crippen LogP contribution in [0.5, 0.6) is 0 Å². The molecule has 1 aromatic heterocycles. The molecule has 2 atom stereocenters. The van der Waals surface area contributed by atoms with E-state index in [2.05, 4.69) is 5.32 Å². The van der Waals surface area contributed by atoms with E-state index in [1.165, 1.54) is 11.3 Å². The lowest BCUT2D eigenvalue weighted by Crippen LogP contribution is -2.35. The Morgan fingerprint density at radius 3 is 2.58 bits per heavy atom. The van der Waals surface area contributed by atoms with Gasteiger partial charge in [-0.05, 0) is 36.1 Å². The monoisotopic (exact) mass is 294 g/mol. The molecule has 5 heteroatoms. The Bertz CT molecular complexity index is 539. The van der Waals surface area contributed by atoms with Gasteiger partial charge in [-0.2, -0.15) is 0 Å². The third kappa shape index (κ3) is 3.56. The maximum atomic E-state index is 12.0. The molecule has 0 aliphatic rings. The summed E-state index contributed by atoms with van der Waals surface area (Å²) in [6, 6.07) is 10.4. The summed E-state index contributed by atoms with van der Waals surface area (Å²) in [6.45, 7) is 1.92. The number of amides is 1. The van der Waals surface area contributed by atoms with Gasteiger partial charge in [0.05, 0.1) is 6.04 Å². The van der Waals surface area contributed by atoms with E-state index in [0.717, 1.165) is 10.4 Å². The van der Waals surface area contributed by atoms with Crippen molar-refractivity contribution in [2.75, 3.05) is 0 Å². The van der Waals surface area contributed by atoms with E-state index >= 15 is 0 Å². The summed E-state index contributed by atoms with van der Waals surface area (Å²) < 4.78 is 0. The number of carbonyl (C=O) groups excluding carboxylic acids is 1. The van der Waals surface area contributed by atoms with Crippen molar-refractivity contribution >= 4 is 28.8 Å². The number of nitrogens with two attached hydrogens (primary N) is 1. The van der Waals surface area contributed by atoms with E-state index in [1.807, 2.05) is 36.6 Å². The first-order valence-corrected chi connectivity index (χ1v) is 7.18. The third-order valence-electron chi connectivity index (χ3n) is 2.86. The number of hydrogen-bond donors (Lipinski definition) is 2. The first-order chi connectivity index (χ1) is 9.08. The van der Waals surface area contributed by atoms with Crippen molar-refractivity contribution in [3.63, 3.8) is 0 Å². The predicted molar refractivity (Wildman–Crippen MR) is 79.3 cm³/mol. The largest absolute Gasteiger partial charge is 0.348 e. The van der Waals surface area contributed by atoms with Crippen LogP contribution in [0.2, 0.25) is 5.02 Å². The van der Waals surface area contributed by atoms with Crippen molar-refractivity contribution in [1.29, 1.82) is 0 Å². The molecule has 0 bridgehead atoms. The summed E-state index contributed by atoms with van der Waals surface area (Å²) in [7, 11) is 0. The van der Waals surface area contributed by atoms with E-state index < -0.39 is 6.04 Å². The fraction of sp³-hybridized carbons (Fsp3) is 0.214. The van der Waals surface area contributed by atoms with Crippen LogP contribution in [-0.2, 0) is 4.79 Å². The van der Waals surface area contributed by atoms with Crippen LogP contribution in [0.25, 0.3) is 0 Å². The molecule has 1 aromatic carbocycles. The number of hydrogen-bond acceptors (Lipinski definition) is 3. The number of rotatable bonds is 4. The Kier molecular flexibility index (Phi) is 4.58. The van der Waals surface area contributed by atoms with Gasteiger partial charge in [0.2, 0.25) is 5.91 Å². The van der Waals surface area contributed by atoms with Crippen LogP contribution in [0.3, 0.4) is 0 Å². The Balaban J connectivity index is 2.00. The molecule has 0 saturated carbocycles. The second-order valence-electron chi connectivity index (χ2n) is 4.27. The average molecular weight is 295 g/mol. The van der Waals surface area contributed by atoms with Gasteiger partial charge in [0.1, 0.15) is 6.04 Å². The highest BCUT2D eigenvalue weighted by atomic mass is 35.5. The molecular formula is C14H15ClN2OS. The van der Waals surface area contributed by atoms with Crippen LogP contribution in [0, 0.1) is 0 Å². The normalized spacial score (nSPS) is 13.8. The highest BCUT2D eigenvalue weighted by molar-refractivity contribution is 7.10. The Hall–Kier alpha value is -1.36. The van der Waals surface area contributed by atoms with E-state index in [1.54, 1.807) is 12.1 Å². The fourth-order valence-corrected chi connectivity index (χ4v) is 2.59. The lowest BCUT2D eigenvalue weighted by atomic mass is 10.1.